The van der Waals surface area contributed by atoms with Crippen LogP contribution in [0.4, 0.5) is 20.4 Å². The lowest BCUT2D eigenvalue weighted by Gasteiger charge is -2.09. The van der Waals surface area contributed by atoms with Crippen molar-refractivity contribution in [3.63, 3.8) is 0 Å². The Morgan fingerprint density at radius 2 is 1.19 bits per heavy atom. The number of ether oxygens (including phenoxy) is 2. The van der Waals surface area contributed by atoms with Crippen LogP contribution in [0.2, 0.25) is 0 Å². The van der Waals surface area contributed by atoms with E-state index in [1.807, 2.05) is 48.5 Å². The molecule has 0 fully saturated rings. The predicted octanol–water partition coefficient (Wildman–Crippen LogP) is 8.12. The van der Waals surface area contributed by atoms with Gasteiger partial charge in [0.2, 0.25) is 0 Å². The van der Waals surface area contributed by atoms with Crippen LogP contribution in [0, 0.1) is 11.6 Å². The molecule has 0 aliphatic rings. The highest BCUT2D eigenvalue weighted by molar-refractivity contribution is 7.98. The third-order valence-corrected chi connectivity index (χ3v) is 8.88. The van der Waals surface area contributed by atoms with Crippen molar-refractivity contribution in [1.29, 1.82) is 0 Å². The topological polar surface area (TPSA) is 178 Å². The first-order valence-electron chi connectivity index (χ1n) is 16.2. The number of rotatable bonds is 11. The Morgan fingerprint density at radius 3 is 1.72 bits per heavy atom. The summed E-state index contributed by atoms with van der Waals surface area (Å²) in [6.07, 6.45) is 3.79. The second kappa shape index (κ2) is 20.2. The Labute approximate surface area is 318 Å². The standard InChI is InChI=1S/C20H15FN4OS.C12H11N3OS.C7H8FNO/c21-15-6-8-16(9-7-15)26-17-10-14-11-23-20(25-19(14)24-18(17)22)27-12-13-4-2-1-3-5-13;13-11-10(7-16)6-14-12(15-11)17-8-9-4-2-1-3-5-9;8-6-1-3-7(4-2-6)10-5-9/h1-11H,12H2,(H2,22,23,24,25);1-7H,8H2,(H2,13,14,15);1-4H,5,9H2. The summed E-state index contributed by atoms with van der Waals surface area (Å²) in [4.78, 5) is 31.8. The molecule has 6 N–H and O–H groups in total. The molecule has 3 heterocycles. The first kappa shape index (κ1) is 39.1. The Kier molecular flexibility index (Phi) is 14.6. The summed E-state index contributed by atoms with van der Waals surface area (Å²) in [5, 5.41) is 1.92. The van der Waals surface area contributed by atoms with Crippen molar-refractivity contribution >= 4 is 52.5 Å². The molecule has 0 aliphatic heterocycles. The van der Waals surface area contributed by atoms with Crippen LogP contribution in [0.1, 0.15) is 21.5 Å². The minimum atomic E-state index is -0.333. The smallest absolute Gasteiger partial charge is 0.189 e. The summed E-state index contributed by atoms with van der Waals surface area (Å²) in [7, 11) is 0. The summed E-state index contributed by atoms with van der Waals surface area (Å²) in [5.74, 6) is 2.82. The van der Waals surface area contributed by atoms with E-state index in [2.05, 4.69) is 37.1 Å². The van der Waals surface area contributed by atoms with E-state index in [9.17, 15) is 13.6 Å². The van der Waals surface area contributed by atoms with Gasteiger partial charge in [-0.1, -0.05) is 84.2 Å². The molecule has 15 heteroatoms. The zero-order valence-electron chi connectivity index (χ0n) is 28.6. The van der Waals surface area contributed by atoms with E-state index in [-0.39, 0.29) is 30.0 Å². The molecule has 0 atom stereocenters. The molecular weight excluding hydrogens is 731 g/mol. The van der Waals surface area contributed by atoms with Gasteiger partial charge >= 0.3 is 0 Å². The minimum Gasteiger partial charge on any atom is -0.479 e. The molecule has 54 heavy (non-hydrogen) atoms. The van der Waals surface area contributed by atoms with Crippen molar-refractivity contribution in [3.8, 4) is 17.2 Å². The van der Waals surface area contributed by atoms with Crippen molar-refractivity contribution in [2.75, 3.05) is 18.2 Å². The van der Waals surface area contributed by atoms with Gasteiger partial charge < -0.3 is 20.9 Å². The normalized spacial score (nSPS) is 10.4. The Morgan fingerprint density at radius 1 is 0.648 bits per heavy atom. The molecular formula is C39H34F2N8O3S2. The van der Waals surface area contributed by atoms with Crippen molar-refractivity contribution in [3.05, 3.63) is 156 Å². The van der Waals surface area contributed by atoms with Gasteiger partial charge in [-0.25, -0.2) is 33.7 Å². The zero-order valence-corrected chi connectivity index (χ0v) is 30.2. The molecule has 7 rings (SSSR count). The van der Waals surface area contributed by atoms with Gasteiger partial charge in [-0.3, -0.25) is 10.5 Å². The maximum absolute atomic E-state index is 13.0. The summed E-state index contributed by atoms with van der Waals surface area (Å²) in [5.41, 5.74) is 19.9. The molecule has 3 aromatic heterocycles. The number of aldehydes is 1. The molecule has 7 aromatic rings. The number of carbonyl (C=O) groups is 1. The van der Waals surface area contributed by atoms with Gasteiger partial charge in [0.25, 0.3) is 0 Å². The molecule has 11 nitrogen and oxygen atoms in total. The average Bonchev–Trinajstić information content (AvgIpc) is 3.20. The van der Waals surface area contributed by atoms with E-state index in [1.54, 1.807) is 12.3 Å². The second-order valence-corrected chi connectivity index (χ2v) is 12.8. The molecule has 4 aromatic carbocycles. The van der Waals surface area contributed by atoms with Crippen LogP contribution in [0.25, 0.3) is 11.0 Å². The number of fused-ring (bicyclic) bond motifs is 1. The first-order chi connectivity index (χ1) is 26.3. The molecule has 0 saturated heterocycles. The molecule has 0 bridgehead atoms. The second-order valence-electron chi connectivity index (χ2n) is 10.9. The number of thioether (sulfide) groups is 2. The summed E-state index contributed by atoms with van der Waals surface area (Å²) in [6, 6.07) is 33.3. The maximum Gasteiger partial charge on any atom is 0.189 e. The number of nitrogen functional groups attached to an aromatic ring is 2. The number of pyridine rings is 1. The molecule has 0 saturated carbocycles. The van der Waals surface area contributed by atoms with E-state index in [4.69, 9.17) is 26.7 Å². The highest BCUT2D eigenvalue weighted by atomic mass is 32.2. The van der Waals surface area contributed by atoms with Crippen LogP contribution >= 0.6 is 23.5 Å². The maximum atomic E-state index is 13.0. The van der Waals surface area contributed by atoms with Crippen LogP contribution in [-0.4, -0.2) is 37.9 Å². The number of nitrogens with two attached hydrogens (primary N) is 3. The summed E-state index contributed by atoms with van der Waals surface area (Å²) in [6.45, 7) is 0.117. The van der Waals surface area contributed by atoms with Crippen molar-refractivity contribution < 1.29 is 23.0 Å². The van der Waals surface area contributed by atoms with E-state index in [0.717, 1.165) is 11.5 Å². The fourth-order valence-electron chi connectivity index (χ4n) is 4.34. The summed E-state index contributed by atoms with van der Waals surface area (Å²) >= 11 is 3.02. The number of nitrogens with zero attached hydrogens (tertiary/aromatic N) is 5. The Bertz CT molecular complexity index is 2240. The van der Waals surface area contributed by atoms with Crippen molar-refractivity contribution in [2.24, 2.45) is 5.73 Å². The molecule has 0 aliphatic carbocycles. The van der Waals surface area contributed by atoms with Gasteiger partial charge in [0.05, 0.1) is 5.56 Å². The zero-order chi connectivity index (χ0) is 38.1. The number of benzene rings is 4. The van der Waals surface area contributed by atoms with Crippen molar-refractivity contribution in [1.82, 2.24) is 24.9 Å². The van der Waals surface area contributed by atoms with Crippen molar-refractivity contribution in [2.45, 2.75) is 21.8 Å². The van der Waals surface area contributed by atoms with Gasteiger partial charge in [-0.2, -0.15) is 0 Å². The van der Waals surface area contributed by atoms with Crippen LogP contribution in [-0.2, 0) is 11.5 Å². The number of halogens is 2. The number of hydrogen-bond acceptors (Lipinski definition) is 13. The Balaban J connectivity index is 0.000000176. The monoisotopic (exact) mass is 764 g/mol. The van der Waals surface area contributed by atoms with Gasteiger partial charge in [-0.05, 0) is 65.7 Å². The molecule has 274 valence electrons. The molecule has 0 unspecified atom stereocenters. The van der Waals surface area contributed by atoms with Gasteiger partial charge in [0.1, 0.15) is 35.7 Å². The van der Waals surface area contributed by atoms with Crippen LogP contribution < -0.4 is 26.7 Å². The first-order valence-corrected chi connectivity index (χ1v) is 18.1. The highest BCUT2D eigenvalue weighted by Gasteiger charge is 2.10. The predicted molar refractivity (Wildman–Crippen MR) is 208 cm³/mol. The Hall–Kier alpha value is -6.16. The number of aromatic nitrogens is 5. The third-order valence-electron chi connectivity index (χ3n) is 7.02. The molecule has 0 amide bonds. The van der Waals surface area contributed by atoms with Crippen LogP contribution in [0.15, 0.2) is 138 Å². The van der Waals surface area contributed by atoms with E-state index in [1.165, 1.54) is 89.4 Å². The summed E-state index contributed by atoms with van der Waals surface area (Å²) < 4.78 is 35.8. The van der Waals surface area contributed by atoms with Gasteiger partial charge in [-0.15, -0.1) is 0 Å². The van der Waals surface area contributed by atoms with E-state index >= 15 is 0 Å². The van der Waals surface area contributed by atoms with E-state index in [0.29, 0.717) is 50.4 Å². The fourth-order valence-corrected chi connectivity index (χ4v) is 5.89. The molecule has 0 spiro atoms. The fraction of sp³-hybridized carbons (Fsp3) is 0.0769. The van der Waals surface area contributed by atoms with Gasteiger partial charge in [0, 0.05) is 29.3 Å². The average molecular weight is 765 g/mol. The lowest BCUT2D eigenvalue weighted by atomic mass is 10.2. The van der Waals surface area contributed by atoms with E-state index < -0.39 is 0 Å². The number of hydrogen-bond donors (Lipinski definition) is 3. The quantitative estimate of drug-likeness (QED) is 0.0498. The van der Waals surface area contributed by atoms with Crippen LogP contribution in [0.5, 0.6) is 17.2 Å². The lowest BCUT2D eigenvalue weighted by molar-refractivity contribution is 0.112. The lowest BCUT2D eigenvalue weighted by Crippen LogP contribution is -2.06. The number of carbonyl (C=O) groups excluding carboxylic acids is 1. The van der Waals surface area contributed by atoms with Gasteiger partial charge in [0.15, 0.2) is 33.8 Å². The SMILES string of the molecule is NCOc1ccc(F)cc1.Nc1nc(SCc2ccccc2)ncc1C=O.Nc1nc2nc(SCc3ccccc3)ncc2cc1Oc1ccc(F)cc1. The van der Waals surface area contributed by atoms with Crippen LogP contribution in [0.3, 0.4) is 0 Å². The minimum absolute atomic E-state index is 0.117. The molecule has 0 radical (unpaired) electrons. The highest BCUT2D eigenvalue weighted by Crippen LogP contribution is 2.30. The third kappa shape index (κ3) is 12.2. The number of anilines is 2. The largest absolute Gasteiger partial charge is 0.479 e.